The molecule has 0 fully saturated rings. The predicted octanol–water partition coefficient (Wildman–Crippen LogP) is -3.38. The highest BCUT2D eigenvalue weighted by Crippen LogP contribution is 2.02. The monoisotopic (exact) mass is 180 g/mol. The van der Waals surface area contributed by atoms with Gasteiger partial charge in [-0.2, -0.15) is 0 Å². The van der Waals surface area contributed by atoms with Crippen LogP contribution < -0.4 is 0 Å². The van der Waals surface area contributed by atoms with Crippen LogP contribution in [0.1, 0.15) is 0 Å². The van der Waals surface area contributed by atoms with Crippen molar-refractivity contribution in [3.8, 4) is 0 Å². The molecule has 0 saturated heterocycles. The average molecular weight is 180 g/mol. The topological polar surface area (TPSA) is 118 Å². The average Bonchev–Trinajstić information content (AvgIpc) is 2.12. The second kappa shape index (κ2) is 5.18. The van der Waals surface area contributed by atoms with Gasteiger partial charge in [0, 0.05) is 0 Å². The Morgan fingerprint density at radius 2 is 1.58 bits per heavy atom. The Morgan fingerprint density at radius 3 is 1.92 bits per heavy atom. The zero-order valence-corrected chi connectivity index (χ0v) is 6.24. The molecule has 0 aliphatic rings. The highest BCUT2D eigenvalue weighted by molar-refractivity contribution is 5.56. The largest absolute Gasteiger partial charge is 0.394 e. The maximum Gasteiger partial charge on any atom is 0.151 e. The van der Waals surface area contributed by atoms with Crippen molar-refractivity contribution >= 4 is 6.29 Å². The fraction of sp³-hybridized carbons (Fsp3) is 0.833. The molecule has 0 radical (unpaired) electrons. The molecule has 0 aliphatic heterocycles. The maximum atomic E-state index is 9.90. The van der Waals surface area contributed by atoms with Gasteiger partial charge in [-0.3, -0.25) is 0 Å². The Labute approximate surface area is 68.7 Å². The zero-order chi connectivity index (χ0) is 9.72. The van der Waals surface area contributed by atoms with Crippen molar-refractivity contribution < 1.29 is 30.3 Å². The van der Waals surface area contributed by atoms with Crippen LogP contribution in [0.3, 0.4) is 0 Å². The summed E-state index contributed by atoms with van der Waals surface area (Å²) in [5, 5.41) is 43.5. The van der Waals surface area contributed by atoms with E-state index in [1.165, 1.54) is 0 Å². The minimum absolute atomic E-state index is 0.0258. The number of hydrogen-bond donors (Lipinski definition) is 5. The lowest BCUT2D eigenvalue weighted by Crippen LogP contribution is -2.46. The van der Waals surface area contributed by atoms with Crippen LogP contribution in [0.4, 0.5) is 0 Å². The van der Waals surface area contributed by atoms with E-state index in [1.54, 1.807) is 0 Å². The Bertz CT molecular complexity index is 138. The molecule has 5 N–H and O–H groups in total. The maximum absolute atomic E-state index is 9.90. The van der Waals surface area contributed by atoms with E-state index in [2.05, 4.69) is 0 Å². The van der Waals surface area contributed by atoms with Gasteiger partial charge in [-0.1, -0.05) is 0 Å². The second-order valence-electron chi connectivity index (χ2n) is 2.36. The quantitative estimate of drug-likeness (QED) is 0.282. The van der Waals surface area contributed by atoms with Gasteiger partial charge in [-0.05, 0) is 0 Å². The first-order valence-electron chi connectivity index (χ1n) is 3.33. The van der Waals surface area contributed by atoms with E-state index in [4.69, 9.17) is 25.5 Å². The number of aliphatic hydroxyl groups is 5. The molecular formula is C6H12O6. The highest BCUT2D eigenvalue weighted by atomic mass is 16.4. The molecule has 0 aromatic rings. The van der Waals surface area contributed by atoms with E-state index >= 15 is 0 Å². The van der Waals surface area contributed by atoms with Crippen LogP contribution in [0.5, 0.6) is 0 Å². The van der Waals surface area contributed by atoms with E-state index < -0.39 is 31.0 Å². The van der Waals surface area contributed by atoms with Gasteiger partial charge in [0.15, 0.2) is 6.29 Å². The Kier molecular flexibility index (Phi) is 4.95. The van der Waals surface area contributed by atoms with Gasteiger partial charge >= 0.3 is 0 Å². The summed E-state index contributed by atoms with van der Waals surface area (Å²) in [5.74, 6) is 0. The van der Waals surface area contributed by atoms with E-state index in [1.807, 2.05) is 0 Å². The van der Waals surface area contributed by atoms with Crippen molar-refractivity contribution in [3.63, 3.8) is 0 Å². The lowest BCUT2D eigenvalue weighted by molar-refractivity contribution is -0.136. The van der Waals surface area contributed by atoms with E-state index in [-0.39, 0.29) is 6.29 Å². The highest BCUT2D eigenvalue weighted by Gasteiger charge is 2.29. The summed E-state index contributed by atoms with van der Waals surface area (Å²) in [6.07, 6.45) is -6.84. The van der Waals surface area contributed by atoms with Gasteiger partial charge in [0.25, 0.3) is 0 Å². The molecule has 0 unspecified atom stereocenters. The number of rotatable bonds is 5. The molecule has 0 amide bonds. The van der Waals surface area contributed by atoms with Crippen molar-refractivity contribution in [2.45, 2.75) is 24.4 Å². The first kappa shape index (κ1) is 11.5. The van der Waals surface area contributed by atoms with Crippen LogP contribution in [0.25, 0.3) is 0 Å². The Balaban J connectivity index is 4.07. The smallest absolute Gasteiger partial charge is 0.151 e. The minimum atomic E-state index is -1.79. The SMILES string of the molecule is O=C[C@@H](O)[C@@H](O)[C@@H](O)[C@@H](O)CO. The third-order valence-corrected chi connectivity index (χ3v) is 1.42. The molecule has 0 saturated carbocycles. The van der Waals surface area contributed by atoms with E-state index in [0.29, 0.717) is 0 Å². The van der Waals surface area contributed by atoms with Crippen molar-refractivity contribution in [3.05, 3.63) is 0 Å². The molecule has 0 aliphatic carbocycles. The van der Waals surface area contributed by atoms with Gasteiger partial charge in [0.2, 0.25) is 0 Å². The molecule has 0 aromatic carbocycles. The molecule has 0 bridgehead atoms. The van der Waals surface area contributed by atoms with Crippen molar-refractivity contribution in [1.82, 2.24) is 0 Å². The number of aliphatic hydroxyl groups excluding tert-OH is 5. The van der Waals surface area contributed by atoms with Crippen molar-refractivity contribution in [2.24, 2.45) is 0 Å². The van der Waals surface area contributed by atoms with Crippen LogP contribution in [-0.2, 0) is 4.79 Å². The van der Waals surface area contributed by atoms with Gasteiger partial charge in [0.1, 0.15) is 24.4 Å². The van der Waals surface area contributed by atoms with E-state index in [9.17, 15) is 4.79 Å². The van der Waals surface area contributed by atoms with Crippen LogP contribution in [-0.4, -0.2) is 62.8 Å². The molecule has 72 valence electrons. The van der Waals surface area contributed by atoms with Gasteiger partial charge in [-0.15, -0.1) is 0 Å². The molecule has 12 heavy (non-hydrogen) atoms. The summed E-state index contributed by atoms with van der Waals surface area (Å²) >= 11 is 0. The van der Waals surface area contributed by atoms with Crippen LogP contribution >= 0.6 is 0 Å². The summed E-state index contributed by atoms with van der Waals surface area (Å²) in [6, 6.07) is 0. The summed E-state index contributed by atoms with van der Waals surface area (Å²) in [5.41, 5.74) is 0. The first-order chi connectivity index (χ1) is 5.54. The van der Waals surface area contributed by atoms with Crippen molar-refractivity contribution in [1.29, 1.82) is 0 Å². The molecule has 0 spiro atoms. The molecule has 6 heteroatoms. The summed E-state index contributed by atoms with van der Waals surface area (Å²) in [6.45, 7) is -0.760. The zero-order valence-electron chi connectivity index (χ0n) is 6.24. The second-order valence-corrected chi connectivity index (χ2v) is 2.36. The van der Waals surface area contributed by atoms with Crippen LogP contribution in [0.15, 0.2) is 0 Å². The van der Waals surface area contributed by atoms with Gasteiger partial charge < -0.3 is 30.3 Å². The van der Waals surface area contributed by atoms with E-state index in [0.717, 1.165) is 0 Å². The molecular weight excluding hydrogens is 168 g/mol. The van der Waals surface area contributed by atoms with Gasteiger partial charge in [-0.25, -0.2) is 0 Å². The summed E-state index contributed by atoms with van der Waals surface area (Å²) in [7, 11) is 0. The fourth-order valence-corrected chi connectivity index (χ4v) is 0.618. The van der Waals surface area contributed by atoms with Crippen LogP contribution in [0.2, 0.25) is 0 Å². The Morgan fingerprint density at radius 1 is 1.08 bits per heavy atom. The normalized spacial score (nSPS) is 21.1. The lowest BCUT2D eigenvalue weighted by atomic mass is 10.0. The third-order valence-electron chi connectivity index (χ3n) is 1.42. The lowest BCUT2D eigenvalue weighted by Gasteiger charge is -2.22. The summed E-state index contributed by atoms with van der Waals surface area (Å²) in [4.78, 5) is 9.90. The molecule has 0 rings (SSSR count). The fourth-order valence-electron chi connectivity index (χ4n) is 0.618. The minimum Gasteiger partial charge on any atom is -0.394 e. The molecule has 0 aromatic heterocycles. The number of hydrogen-bond acceptors (Lipinski definition) is 6. The molecule has 0 heterocycles. The standard InChI is InChI=1S/C6H12O6/c7-1-3(9)5(11)6(12)4(10)2-8/h1,3-6,8-12H,2H2/t3-,4+,5-,6+/m1/s1. The van der Waals surface area contributed by atoms with Crippen molar-refractivity contribution in [2.75, 3.05) is 6.61 Å². The number of carbonyl (C=O) groups is 1. The number of carbonyl (C=O) groups excluding carboxylic acids is 1. The first-order valence-corrected chi connectivity index (χ1v) is 3.33. The predicted molar refractivity (Wildman–Crippen MR) is 37.2 cm³/mol. The molecule has 6 nitrogen and oxygen atoms in total. The molecule has 4 atom stereocenters. The third kappa shape index (κ3) is 2.84. The van der Waals surface area contributed by atoms with Gasteiger partial charge in [0.05, 0.1) is 6.61 Å². The van der Waals surface area contributed by atoms with Crippen LogP contribution in [0, 0.1) is 0 Å². The summed E-state index contributed by atoms with van der Waals surface area (Å²) < 4.78 is 0. The number of aldehydes is 1. The Hall–Kier alpha value is -0.530.